The molecule has 228 valence electrons. The fourth-order valence-corrected chi connectivity index (χ4v) is 4.96. The van der Waals surface area contributed by atoms with Gasteiger partial charge in [-0.3, -0.25) is 0 Å². The topological polar surface area (TPSA) is 24.1 Å². The first kappa shape index (κ1) is 34.9. The molecular weight excluding hydrogens is 600 g/mol. The van der Waals surface area contributed by atoms with Crippen LogP contribution < -0.4 is 10.6 Å². The molecule has 4 aromatic rings. The van der Waals surface area contributed by atoms with Crippen molar-refractivity contribution in [2.24, 2.45) is 11.8 Å². The van der Waals surface area contributed by atoms with Crippen LogP contribution in [0.1, 0.15) is 70.2 Å². The summed E-state index contributed by atoms with van der Waals surface area (Å²) in [5.74, 6) is 10.3. The summed E-state index contributed by atoms with van der Waals surface area (Å²) in [4.78, 5) is 1.88. The summed E-state index contributed by atoms with van der Waals surface area (Å²) >= 11 is 3.27. The molecule has 2 nitrogen and oxygen atoms in total. The molecule has 2 aliphatic carbocycles. The average Bonchev–Trinajstić information content (AvgIpc) is 3.98. The molecular formula is C41H47BrN2. The van der Waals surface area contributed by atoms with E-state index in [0.717, 1.165) is 13.1 Å². The van der Waals surface area contributed by atoms with Gasteiger partial charge in [0.15, 0.2) is 0 Å². The van der Waals surface area contributed by atoms with E-state index in [4.69, 9.17) is 6.42 Å². The van der Waals surface area contributed by atoms with Crippen molar-refractivity contribution < 1.29 is 0 Å². The monoisotopic (exact) mass is 646 g/mol. The van der Waals surface area contributed by atoms with Crippen LogP contribution in [-0.4, -0.2) is 13.1 Å². The molecule has 0 unspecified atom stereocenters. The molecule has 3 heteroatoms. The number of hydrogen-bond donors (Lipinski definition) is 2. The number of fused-ring (bicyclic) bond motifs is 2. The van der Waals surface area contributed by atoms with Gasteiger partial charge in [0.25, 0.3) is 0 Å². The number of rotatable bonds is 8. The van der Waals surface area contributed by atoms with Gasteiger partial charge in [-0.05, 0) is 83.3 Å². The highest BCUT2D eigenvalue weighted by Crippen LogP contribution is 2.28. The lowest BCUT2D eigenvalue weighted by Crippen LogP contribution is -2.18. The van der Waals surface area contributed by atoms with Gasteiger partial charge in [0.1, 0.15) is 0 Å². The van der Waals surface area contributed by atoms with Crippen molar-refractivity contribution in [2.75, 3.05) is 13.1 Å². The third-order valence-electron chi connectivity index (χ3n) is 7.63. The maximum absolute atomic E-state index is 4.98. The van der Waals surface area contributed by atoms with Crippen molar-refractivity contribution in [2.45, 2.75) is 59.0 Å². The molecule has 2 N–H and O–H groups in total. The molecule has 0 heterocycles. The van der Waals surface area contributed by atoms with Gasteiger partial charge in [0.05, 0.1) is 0 Å². The molecule has 0 aliphatic heterocycles. The first-order valence-electron chi connectivity index (χ1n) is 15.4. The van der Waals surface area contributed by atoms with Crippen molar-refractivity contribution in [3.8, 4) is 24.2 Å². The first-order chi connectivity index (χ1) is 21.1. The number of halogens is 1. The summed E-state index contributed by atoms with van der Waals surface area (Å²) in [6, 6.07) is 30.7. The molecule has 2 aliphatic rings. The minimum absolute atomic E-state index is 0. The van der Waals surface area contributed by atoms with Crippen LogP contribution in [0.4, 0.5) is 0 Å². The highest BCUT2D eigenvalue weighted by atomic mass is 79.9. The highest BCUT2D eigenvalue weighted by Gasteiger charge is 2.17. The van der Waals surface area contributed by atoms with Crippen LogP contribution in [0.2, 0.25) is 0 Å². The second-order valence-electron chi connectivity index (χ2n) is 11.2. The first-order valence-corrected chi connectivity index (χ1v) is 16.3. The van der Waals surface area contributed by atoms with E-state index in [1.807, 2.05) is 11.1 Å². The van der Waals surface area contributed by atoms with Crippen molar-refractivity contribution in [3.63, 3.8) is 0 Å². The number of terminal acetylenes is 1. The Morgan fingerprint density at radius 2 is 1.20 bits per heavy atom. The summed E-state index contributed by atoms with van der Waals surface area (Å²) in [5.41, 5.74) is 2.71. The van der Waals surface area contributed by atoms with Gasteiger partial charge in [-0.1, -0.05) is 132 Å². The minimum Gasteiger partial charge on any atom is -0.307 e. The molecule has 2 saturated carbocycles. The molecule has 0 radical (unpaired) electrons. The molecule has 4 aromatic carbocycles. The van der Waals surface area contributed by atoms with Gasteiger partial charge in [-0.2, -0.15) is 0 Å². The second kappa shape index (κ2) is 18.9. The van der Waals surface area contributed by atoms with Crippen LogP contribution in [0, 0.1) is 36.0 Å². The van der Waals surface area contributed by atoms with E-state index >= 15 is 0 Å². The molecule has 0 amide bonds. The van der Waals surface area contributed by atoms with Crippen LogP contribution in [0.5, 0.6) is 0 Å². The third kappa shape index (κ3) is 11.5. The minimum atomic E-state index is 0. The van der Waals surface area contributed by atoms with Gasteiger partial charge in [-0.25, -0.2) is 0 Å². The highest BCUT2D eigenvalue weighted by molar-refractivity contribution is 9.11. The normalized spacial score (nSPS) is 15.1. The van der Waals surface area contributed by atoms with Crippen molar-refractivity contribution >= 4 is 37.5 Å². The summed E-state index contributed by atoms with van der Waals surface area (Å²) in [5, 5.41) is 12.3. The molecule has 44 heavy (non-hydrogen) atoms. The SMILES string of the molecule is C.C#CC1CC1.C[C@@H](NC/C=C/Br)c1cccc2ccccc12.C[C@@H](NC/C=C/C#CC1CC1)c1cccc2ccccc12. The summed E-state index contributed by atoms with van der Waals surface area (Å²) in [6.45, 7) is 6.13. The quantitative estimate of drug-likeness (QED) is 0.186. The molecule has 0 aromatic heterocycles. The van der Waals surface area contributed by atoms with Gasteiger partial charge in [-0.15, -0.1) is 12.3 Å². The van der Waals surface area contributed by atoms with E-state index in [2.05, 4.69) is 155 Å². The number of hydrogen-bond acceptors (Lipinski definition) is 2. The largest absolute Gasteiger partial charge is 0.307 e. The lowest BCUT2D eigenvalue weighted by atomic mass is 10.00. The number of nitrogens with one attached hydrogen (secondary N) is 2. The zero-order valence-corrected chi connectivity index (χ0v) is 27.0. The lowest BCUT2D eigenvalue weighted by molar-refractivity contribution is 0.621. The van der Waals surface area contributed by atoms with E-state index in [1.165, 1.54) is 58.4 Å². The zero-order chi connectivity index (χ0) is 30.3. The smallest absolute Gasteiger partial charge is 0.0300 e. The molecule has 6 rings (SSSR count). The van der Waals surface area contributed by atoms with Crippen LogP contribution in [-0.2, 0) is 0 Å². The lowest BCUT2D eigenvalue weighted by Gasteiger charge is -2.15. The maximum Gasteiger partial charge on any atom is 0.0300 e. The predicted octanol–water partition coefficient (Wildman–Crippen LogP) is 10.5. The van der Waals surface area contributed by atoms with Gasteiger partial charge < -0.3 is 10.6 Å². The third-order valence-corrected chi connectivity index (χ3v) is 8.01. The van der Waals surface area contributed by atoms with Crippen LogP contribution in [0.15, 0.2) is 108 Å². The van der Waals surface area contributed by atoms with Crippen LogP contribution in [0.3, 0.4) is 0 Å². The van der Waals surface area contributed by atoms with E-state index in [9.17, 15) is 0 Å². The Hall–Kier alpha value is -3.60. The van der Waals surface area contributed by atoms with Gasteiger partial charge in [0, 0.05) is 37.0 Å². The summed E-state index contributed by atoms with van der Waals surface area (Å²) in [6.07, 6.45) is 16.2. The number of allylic oxidation sites excluding steroid dienone is 1. The maximum atomic E-state index is 4.98. The Balaban J connectivity index is 0.000000206. The van der Waals surface area contributed by atoms with E-state index < -0.39 is 0 Å². The molecule has 2 fully saturated rings. The average molecular weight is 648 g/mol. The fourth-order valence-electron chi connectivity index (χ4n) is 4.77. The second-order valence-corrected chi connectivity index (χ2v) is 11.7. The molecule has 0 bridgehead atoms. The van der Waals surface area contributed by atoms with E-state index in [0.29, 0.717) is 23.9 Å². The van der Waals surface area contributed by atoms with Crippen LogP contribution >= 0.6 is 15.9 Å². The predicted molar refractivity (Wildman–Crippen MR) is 197 cm³/mol. The Bertz CT molecular complexity index is 1600. The van der Waals surface area contributed by atoms with Gasteiger partial charge in [0.2, 0.25) is 0 Å². The molecule has 0 spiro atoms. The summed E-state index contributed by atoms with van der Waals surface area (Å²) < 4.78 is 0. The van der Waals surface area contributed by atoms with Gasteiger partial charge >= 0.3 is 0 Å². The van der Waals surface area contributed by atoms with E-state index in [1.54, 1.807) is 0 Å². The Labute approximate surface area is 274 Å². The van der Waals surface area contributed by atoms with Crippen molar-refractivity contribution in [1.82, 2.24) is 10.6 Å². The molecule has 2 atom stereocenters. The fraction of sp³-hybridized carbons (Fsp3) is 0.317. The zero-order valence-electron chi connectivity index (χ0n) is 25.4. The Morgan fingerprint density at radius 3 is 1.66 bits per heavy atom. The van der Waals surface area contributed by atoms with Crippen molar-refractivity contribution in [1.29, 1.82) is 0 Å². The Morgan fingerprint density at radius 1 is 0.727 bits per heavy atom. The summed E-state index contributed by atoms with van der Waals surface area (Å²) in [7, 11) is 0. The van der Waals surface area contributed by atoms with E-state index in [-0.39, 0.29) is 7.43 Å². The Kier molecular flexibility index (Phi) is 15.0. The van der Waals surface area contributed by atoms with Crippen LogP contribution in [0.25, 0.3) is 21.5 Å². The van der Waals surface area contributed by atoms with Crippen molar-refractivity contribution in [3.05, 3.63) is 119 Å². The molecule has 0 saturated heterocycles. The number of benzene rings is 4. The standard InChI is InChI=1S/C20H21N.C15H16BrN.C5H6.CH4/c1-16(21-15-6-2-3-8-17-13-14-17)19-12-7-10-18-9-4-5-11-20(18)19;1-12(17-11-5-10-16)14-9-4-7-13-6-2-3-8-15(13)14;1-2-5-3-4-5;/h2,4-7,9-12,16-17,21H,13-15H2,1H3;2-10,12,17H,11H2,1H3;1,5H,3-4H2;1H4/b6-2+;10-5+;;/t16-;12-;;/m11../s1.